The summed E-state index contributed by atoms with van der Waals surface area (Å²) in [5, 5.41) is 3.45. The van der Waals surface area contributed by atoms with Crippen molar-refractivity contribution in [3.05, 3.63) is 24.3 Å². The van der Waals surface area contributed by atoms with Gasteiger partial charge in [-0.05, 0) is 38.3 Å². The molecule has 4 heteroatoms. The van der Waals surface area contributed by atoms with Crippen LogP contribution in [0.1, 0.15) is 32.6 Å². The Kier molecular flexibility index (Phi) is 3.92. The lowest BCUT2D eigenvalue weighted by Crippen LogP contribution is -2.26. The first-order chi connectivity index (χ1) is 9.74. The Morgan fingerprint density at radius 3 is 2.90 bits per heavy atom. The third-order valence-corrected chi connectivity index (χ3v) is 4.11. The molecule has 0 saturated carbocycles. The van der Waals surface area contributed by atoms with Gasteiger partial charge in [0.15, 0.2) is 0 Å². The van der Waals surface area contributed by atoms with Gasteiger partial charge in [-0.25, -0.2) is 0 Å². The topological polar surface area (TPSA) is 41.6 Å². The summed E-state index contributed by atoms with van der Waals surface area (Å²) >= 11 is 0. The van der Waals surface area contributed by atoms with Gasteiger partial charge >= 0.3 is 0 Å². The second-order valence-corrected chi connectivity index (χ2v) is 5.69. The van der Waals surface area contributed by atoms with E-state index in [9.17, 15) is 4.79 Å². The minimum Gasteiger partial charge on any atom is -0.381 e. The number of nitrogens with zero attached hydrogens (tertiary/aromatic N) is 1. The van der Waals surface area contributed by atoms with Gasteiger partial charge in [0.05, 0.1) is 23.6 Å². The highest BCUT2D eigenvalue weighted by Gasteiger charge is 2.25. The molecule has 2 saturated heterocycles. The fourth-order valence-corrected chi connectivity index (χ4v) is 3.02. The first-order valence-corrected chi connectivity index (χ1v) is 7.53. The number of hydrogen-bond donors (Lipinski definition) is 1. The highest BCUT2D eigenvalue weighted by Crippen LogP contribution is 2.30. The molecule has 2 aliphatic heterocycles. The van der Waals surface area contributed by atoms with Crippen molar-refractivity contribution in [1.29, 1.82) is 0 Å². The monoisotopic (exact) mass is 274 g/mol. The Morgan fingerprint density at radius 2 is 2.20 bits per heavy atom. The quantitative estimate of drug-likeness (QED) is 0.918. The van der Waals surface area contributed by atoms with Gasteiger partial charge in [0.2, 0.25) is 5.91 Å². The van der Waals surface area contributed by atoms with Crippen molar-refractivity contribution in [3.8, 4) is 0 Å². The lowest BCUT2D eigenvalue weighted by atomic mass is 10.2. The Bertz CT molecular complexity index is 489. The van der Waals surface area contributed by atoms with Gasteiger partial charge in [-0.3, -0.25) is 4.79 Å². The second kappa shape index (κ2) is 5.83. The van der Waals surface area contributed by atoms with Crippen LogP contribution in [-0.2, 0) is 9.53 Å². The molecular weight excluding hydrogens is 252 g/mol. The first-order valence-electron chi connectivity index (χ1n) is 7.53. The SMILES string of the molecule is CC1CCC(CNc2ccccc2N2CCCC2=O)O1. The maximum atomic E-state index is 11.9. The Balaban J connectivity index is 1.68. The van der Waals surface area contributed by atoms with Gasteiger partial charge < -0.3 is 15.0 Å². The number of carbonyl (C=O) groups excluding carboxylic acids is 1. The molecule has 2 heterocycles. The van der Waals surface area contributed by atoms with Crippen LogP contribution in [-0.4, -0.2) is 31.2 Å². The van der Waals surface area contributed by atoms with E-state index in [1.807, 2.05) is 29.2 Å². The van der Waals surface area contributed by atoms with Crippen LogP contribution in [0.25, 0.3) is 0 Å². The molecular formula is C16H22N2O2. The highest BCUT2D eigenvalue weighted by atomic mass is 16.5. The van der Waals surface area contributed by atoms with E-state index in [0.717, 1.165) is 43.7 Å². The Hall–Kier alpha value is -1.55. The summed E-state index contributed by atoms with van der Waals surface area (Å²) in [6, 6.07) is 8.05. The molecule has 1 N–H and O–H groups in total. The molecule has 0 spiro atoms. The molecule has 2 fully saturated rings. The number of para-hydroxylation sites is 2. The largest absolute Gasteiger partial charge is 0.381 e. The summed E-state index contributed by atoms with van der Waals surface area (Å²) in [5.74, 6) is 0.227. The van der Waals surface area contributed by atoms with Crippen LogP contribution in [0.3, 0.4) is 0 Å². The highest BCUT2D eigenvalue weighted by molar-refractivity contribution is 5.98. The van der Waals surface area contributed by atoms with Crippen LogP contribution < -0.4 is 10.2 Å². The third-order valence-electron chi connectivity index (χ3n) is 4.11. The number of ether oxygens (including phenoxy) is 1. The van der Waals surface area contributed by atoms with Crippen LogP contribution in [0, 0.1) is 0 Å². The smallest absolute Gasteiger partial charge is 0.227 e. The zero-order valence-corrected chi connectivity index (χ0v) is 12.0. The second-order valence-electron chi connectivity index (χ2n) is 5.69. The van der Waals surface area contributed by atoms with E-state index in [1.54, 1.807) is 0 Å². The zero-order valence-electron chi connectivity index (χ0n) is 12.0. The van der Waals surface area contributed by atoms with Crippen LogP contribution in [0.2, 0.25) is 0 Å². The van der Waals surface area contributed by atoms with Gasteiger partial charge in [0.25, 0.3) is 0 Å². The van der Waals surface area contributed by atoms with Crippen LogP contribution >= 0.6 is 0 Å². The Labute approximate surface area is 120 Å². The van der Waals surface area contributed by atoms with Gasteiger partial charge in [-0.2, -0.15) is 0 Å². The fourth-order valence-electron chi connectivity index (χ4n) is 3.02. The predicted octanol–water partition coefficient (Wildman–Crippen LogP) is 2.79. The fraction of sp³-hybridized carbons (Fsp3) is 0.562. The molecule has 4 nitrogen and oxygen atoms in total. The van der Waals surface area contributed by atoms with Gasteiger partial charge in [0.1, 0.15) is 0 Å². The van der Waals surface area contributed by atoms with Crippen molar-refractivity contribution >= 4 is 17.3 Å². The molecule has 108 valence electrons. The summed E-state index contributed by atoms with van der Waals surface area (Å²) in [7, 11) is 0. The van der Waals surface area contributed by atoms with Crippen molar-refractivity contribution in [1.82, 2.24) is 0 Å². The number of benzene rings is 1. The van der Waals surface area contributed by atoms with Crippen LogP contribution in [0.4, 0.5) is 11.4 Å². The number of amides is 1. The van der Waals surface area contributed by atoms with Crippen molar-refractivity contribution in [2.75, 3.05) is 23.3 Å². The first kappa shape index (κ1) is 13.4. The summed E-state index contributed by atoms with van der Waals surface area (Å²) < 4.78 is 5.83. The summed E-state index contributed by atoms with van der Waals surface area (Å²) in [6.07, 6.45) is 4.52. The van der Waals surface area contributed by atoms with E-state index in [0.29, 0.717) is 12.5 Å². The summed E-state index contributed by atoms with van der Waals surface area (Å²) in [4.78, 5) is 13.8. The van der Waals surface area contributed by atoms with E-state index in [-0.39, 0.29) is 12.0 Å². The van der Waals surface area contributed by atoms with E-state index < -0.39 is 0 Å². The standard InChI is InChI=1S/C16H22N2O2/c1-12-8-9-13(20-12)11-17-14-5-2-3-6-15(14)18-10-4-7-16(18)19/h2-3,5-6,12-13,17H,4,7-11H2,1H3. The number of carbonyl (C=O) groups is 1. The van der Waals surface area contributed by atoms with Crippen molar-refractivity contribution < 1.29 is 9.53 Å². The minimum atomic E-state index is 0.227. The summed E-state index contributed by atoms with van der Waals surface area (Å²) in [6.45, 7) is 3.76. The maximum absolute atomic E-state index is 11.9. The number of nitrogens with one attached hydrogen (secondary N) is 1. The molecule has 2 unspecified atom stereocenters. The molecule has 0 aromatic heterocycles. The van der Waals surface area contributed by atoms with E-state index in [2.05, 4.69) is 12.2 Å². The van der Waals surface area contributed by atoms with Crippen LogP contribution in [0.15, 0.2) is 24.3 Å². The molecule has 0 radical (unpaired) electrons. The normalized spacial score (nSPS) is 26.2. The van der Waals surface area contributed by atoms with E-state index in [1.165, 1.54) is 0 Å². The molecule has 1 aromatic carbocycles. The van der Waals surface area contributed by atoms with Crippen molar-refractivity contribution in [2.45, 2.75) is 44.8 Å². The lowest BCUT2D eigenvalue weighted by Gasteiger charge is -2.21. The molecule has 1 amide bonds. The zero-order chi connectivity index (χ0) is 13.9. The maximum Gasteiger partial charge on any atom is 0.227 e. The molecule has 20 heavy (non-hydrogen) atoms. The molecule has 2 atom stereocenters. The van der Waals surface area contributed by atoms with Crippen LogP contribution in [0.5, 0.6) is 0 Å². The third kappa shape index (κ3) is 2.80. The molecule has 3 rings (SSSR count). The Morgan fingerprint density at radius 1 is 1.35 bits per heavy atom. The van der Waals surface area contributed by atoms with Gasteiger partial charge in [-0.15, -0.1) is 0 Å². The molecule has 0 aliphatic carbocycles. The number of rotatable bonds is 4. The van der Waals surface area contributed by atoms with Crippen molar-refractivity contribution in [3.63, 3.8) is 0 Å². The predicted molar refractivity (Wildman–Crippen MR) is 80.1 cm³/mol. The van der Waals surface area contributed by atoms with Crippen molar-refractivity contribution in [2.24, 2.45) is 0 Å². The number of anilines is 2. The van der Waals surface area contributed by atoms with E-state index in [4.69, 9.17) is 4.74 Å². The van der Waals surface area contributed by atoms with E-state index >= 15 is 0 Å². The number of hydrogen-bond acceptors (Lipinski definition) is 3. The average Bonchev–Trinajstić information content (AvgIpc) is 3.05. The molecule has 0 bridgehead atoms. The summed E-state index contributed by atoms with van der Waals surface area (Å²) in [5.41, 5.74) is 2.03. The lowest BCUT2D eigenvalue weighted by molar-refractivity contribution is -0.117. The van der Waals surface area contributed by atoms with Gasteiger partial charge in [0, 0.05) is 19.5 Å². The van der Waals surface area contributed by atoms with Gasteiger partial charge in [-0.1, -0.05) is 12.1 Å². The average molecular weight is 274 g/mol. The molecule has 1 aromatic rings. The minimum absolute atomic E-state index is 0.227. The molecule has 2 aliphatic rings.